The van der Waals surface area contributed by atoms with Crippen molar-refractivity contribution >= 4 is 23.4 Å². The Hall–Kier alpha value is 0.300. The van der Waals surface area contributed by atoms with Gasteiger partial charge in [-0.05, 0) is 0 Å². The quantitative estimate of drug-likeness (QED) is 0.705. The van der Waals surface area contributed by atoms with Gasteiger partial charge in [-0.1, -0.05) is 17.7 Å². The number of hydrogen-bond acceptors (Lipinski definition) is 3. The van der Waals surface area contributed by atoms with Gasteiger partial charge >= 0.3 is 0 Å². The Morgan fingerprint density at radius 1 is 1.38 bits per heavy atom. The molecule has 0 aromatic rings. The fraction of sp³-hybridized carbons (Fsp3) is 0.778. The van der Waals surface area contributed by atoms with E-state index in [0.717, 1.165) is 19.6 Å². The molecule has 4 heteroatoms. The molecule has 1 N–H and O–H groups in total. The zero-order valence-corrected chi connectivity index (χ0v) is 9.41. The highest BCUT2D eigenvalue weighted by atomic mass is 35.5. The Kier molecular flexibility index (Phi) is 6.72. The molecule has 1 aliphatic rings. The van der Waals surface area contributed by atoms with Gasteiger partial charge in [-0.25, -0.2) is 0 Å². The summed E-state index contributed by atoms with van der Waals surface area (Å²) in [6.07, 6.45) is 1.92. The summed E-state index contributed by atoms with van der Waals surface area (Å²) in [6, 6.07) is 0. The maximum Gasteiger partial charge on any atom is 0.0147 e. The molecule has 0 radical (unpaired) electrons. The monoisotopic (exact) mass is 220 g/mol. The van der Waals surface area contributed by atoms with Gasteiger partial charge in [0.25, 0.3) is 0 Å². The molecule has 1 aliphatic heterocycles. The predicted molar refractivity (Wildman–Crippen MR) is 61.6 cm³/mol. The average Bonchev–Trinajstić information content (AvgIpc) is 2.19. The summed E-state index contributed by atoms with van der Waals surface area (Å²) in [5.41, 5.74) is 1.56. The molecule has 0 saturated carbocycles. The van der Waals surface area contributed by atoms with Crippen LogP contribution in [0.4, 0.5) is 0 Å². The topological polar surface area (TPSA) is 15.3 Å². The maximum atomic E-state index is 5.40. The highest BCUT2D eigenvalue weighted by Crippen LogP contribution is 2.07. The molecule has 1 saturated heterocycles. The lowest BCUT2D eigenvalue weighted by molar-refractivity contribution is 0.303. The van der Waals surface area contributed by atoms with Crippen molar-refractivity contribution in [3.63, 3.8) is 0 Å². The summed E-state index contributed by atoms with van der Waals surface area (Å²) in [7, 11) is 0. The van der Waals surface area contributed by atoms with E-state index in [9.17, 15) is 0 Å². The Morgan fingerprint density at radius 3 is 2.85 bits per heavy atom. The lowest BCUT2D eigenvalue weighted by atomic mass is 10.4. The normalized spacial score (nSPS) is 19.8. The fourth-order valence-corrected chi connectivity index (χ4v) is 2.36. The van der Waals surface area contributed by atoms with E-state index < -0.39 is 0 Å². The average molecular weight is 221 g/mol. The Morgan fingerprint density at radius 2 is 2.15 bits per heavy atom. The van der Waals surface area contributed by atoms with Crippen LogP contribution in [0.2, 0.25) is 0 Å². The van der Waals surface area contributed by atoms with E-state index in [1.54, 1.807) is 5.54 Å². The first kappa shape index (κ1) is 11.4. The molecule has 0 spiro atoms. The second kappa shape index (κ2) is 7.68. The van der Waals surface area contributed by atoms with E-state index >= 15 is 0 Å². The number of halogens is 1. The third-order valence-corrected chi connectivity index (χ3v) is 3.18. The van der Waals surface area contributed by atoms with Crippen LogP contribution < -0.4 is 5.32 Å². The standard InChI is InChI=1S/C9H17ClN2S/c10-2-1-3-11-4-5-12-6-8-13-9-7-12/h1-2,11H,3-9H2/b2-1+. The molecule has 2 nitrogen and oxygen atoms in total. The lowest BCUT2D eigenvalue weighted by Crippen LogP contribution is -2.37. The van der Waals surface area contributed by atoms with Crippen LogP contribution in [0.5, 0.6) is 0 Å². The molecule has 1 fully saturated rings. The van der Waals surface area contributed by atoms with Crippen molar-refractivity contribution in [1.29, 1.82) is 0 Å². The van der Waals surface area contributed by atoms with E-state index in [1.807, 2.05) is 6.08 Å². The fourth-order valence-electron chi connectivity index (χ4n) is 1.29. The van der Waals surface area contributed by atoms with Crippen molar-refractivity contribution in [2.24, 2.45) is 0 Å². The van der Waals surface area contributed by atoms with Crippen LogP contribution >= 0.6 is 23.4 Å². The summed E-state index contributed by atoms with van der Waals surface area (Å²) >= 11 is 7.45. The Bertz CT molecular complexity index is 147. The van der Waals surface area contributed by atoms with E-state index in [0.29, 0.717) is 0 Å². The molecular formula is C9H17ClN2S. The van der Waals surface area contributed by atoms with Gasteiger partial charge in [0.1, 0.15) is 0 Å². The predicted octanol–water partition coefficient (Wildman–Crippen LogP) is 1.38. The number of thioether (sulfide) groups is 1. The summed E-state index contributed by atoms with van der Waals surface area (Å²) in [5.74, 6) is 2.59. The largest absolute Gasteiger partial charge is 0.312 e. The molecular weight excluding hydrogens is 204 g/mol. The molecule has 1 heterocycles. The van der Waals surface area contributed by atoms with Crippen molar-refractivity contribution in [2.45, 2.75) is 0 Å². The van der Waals surface area contributed by atoms with Crippen LogP contribution in [0.15, 0.2) is 11.6 Å². The maximum absolute atomic E-state index is 5.40. The van der Waals surface area contributed by atoms with Crippen LogP contribution in [0, 0.1) is 0 Å². The van der Waals surface area contributed by atoms with Gasteiger partial charge in [-0.15, -0.1) is 0 Å². The molecule has 13 heavy (non-hydrogen) atoms. The van der Waals surface area contributed by atoms with Gasteiger partial charge in [-0.2, -0.15) is 11.8 Å². The van der Waals surface area contributed by atoms with Crippen LogP contribution in [0.3, 0.4) is 0 Å². The number of nitrogens with zero attached hydrogens (tertiary/aromatic N) is 1. The SMILES string of the molecule is Cl/C=C/CNCCN1CCSCC1. The molecule has 0 amide bonds. The van der Waals surface area contributed by atoms with Crippen molar-refractivity contribution in [1.82, 2.24) is 10.2 Å². The van der Waals surface area contributed by atoms with Crippen molar-refractivity contribution in [3.05, 3.63) is 11.6 Å². The zero-order chi connectivity index (χ0) is 9.36. The number of nitrogens with one attached hydrogen (secondary N) is 1. The number of rotatable bonds is 5. The summed E-state index contributed by atoms with van der Waals surface area (Å²) in [6.45, 7) is 5.60. The van der Waals surface area contributed by atoms with Gasteiger partial charge in [-0.3, -0.25) is 0 Å². The van der Waals surface area contributed by atoms with E-state index in [4.69, 9.17) is 11.6 Å². The minimum Gasteiger partial charge on any atom is -0.312 e. The van der Waals surface area contributed by atoms with Gasteiger partial charge in [0.15, 0.2) is 0 Å². The molecule has 0 bridgehead atoms. The lowest BCUT2D eigenvalue weighted by Gasteiger charge is -2.25. The van der Waals surface area contributed by atoms with E-state index in [1.165, 1.54) is 24.6 Å². The molecule has 0 aromatic carbocycles. The summed E-state index contributed by atoms with van der Waals surface area (Å²) < 4.78 is 0. The summed E-state index contributed by atoms with van der Waals surface area (Å²) in [4.78, 5) is 2.51. The first-order valence-electron chi connectivity index (χ1n) is 4.69. The molecule has 0 unspecified atom stereocenters. The molecule has 0 atom stereocenters. The van der Waals surface area contributed by atoms with Gasteiger partial charge in [0.2, 0.25) is 0 Å². The zero-order valence-electron chi connectivity index (χ0n) is 7.84. The van der Waals surface area contributed by atoms with E-state index in [-0.39, 0.29) is 0 Å². The van der Waals surface area contributed by atoms with Gasteiger partial charge in [0.05, 0.1) is 0 Å². The second-order valence-electron chi connectivity index (χ2n) is 3.02. The van der Waals surface area contributed by atoms with Gasteiger partial charge < -0.3 is 10.2 Å². The van der Waals surface area contributed by atoms with Gasteiger partial charge in [0, 0.05) is 49.8 Å². The second-order valence-corrected chi connectivity index (χ2v) is 4.50. The number of hydrogen-bond donors (Lipinski definition) is 1. The van der Waals surface area contributed by atoms with Crippen LogP contribution in [0.1, 0.15) is 0 Å². The van der Waals surface area contributed by atoms with Crippen LogP contribution in [-0.2, 0) is 0 Å². The molecule has 76 valence electrons. The smallest absolute Gasteiger partial charge is 0.0147 e. The van der Waals surface area contributed by atoms with Crippen molar-refractivity contribution in [2.75, 3.05) is 44.2 Å². The molecule has 1 rings (SSSR count). The minimum absolute atomic E-state index is 0.881. The third kappa shape index (κ3) is 5.57. The Labute approximate surface area is 89.7 Å². The first-order valence-corrected chi connectivity index (χ1v) is 6.28. The molecule has 0 aromatic heterocycles. The van der Waals surface area contributed by atoms with Crippen LogP contribution in [-0.4, -0.2) is 49.1 Å². The van der Waals surface area contributed by atoms with Crippen LogP contribution in [0.25, 0.3) is 0 Å². The van der Waals surface area contributed by atoms with Crippen molar-refractivity contribution < 1.29 is 0 Å². The molecule has 0 aliphatic carbocycles. The minimum atomic E-state index is 0.881. The Balaban J connectivity index is 1.92. The highest BCUT2D eigenvalue weighted by Gasteiger charge is 2.08. The third-order valence-electron chi connectivity index (χ3n) is 2.06. The first-order chi connectivity index (χ1) is 6.43. The highest BCUT2D eigenvalue weighted by molar-refractivity contribution is 7.99. The van der Waals surface area contributed by atoms with E-state index in [2.05, 4.69) is 22.0 Å². The summed E-state index contributed by atoms with van der Waals surface area (Å²) in [5, 5.41) is 3.31. The van der Waals surface area contributed by atoms with Crippen molar-refractivity contribution in [3.8, 4) is 0 Å².